The number of rotatable bonds is 7. The molecule has 0 aromatic heterocycles. The van der Waals surface area contributed by atoms with E-state index in [9.17, 15) is 18.0 Å². The summed E-state index contributed by atoms with van der Waals surface area (Å²) < 4.78 is 31.7. The first kappa shape index (κ1) is 22.2. The lowest BCUT2D eigenvalue weighted by Crippen LogP contribution is -2.42. The first-order valence-electron chi connectivity index (χ1n) is 8.88. The summed E-state index contributed by atoms with van der Waals surface area (Å²) in [6.07, 6.45) is 1.48. The molecule has 2 N–H and O–H groups in total. The fourth-order valence-electron chi connectivity index (χ4n) is 2.27. The van der Waals surface area contributed by atoms with Crippen LogP contribution >= 0.6 is 0 Å². The smallest absolute Gasteiger partial charge is 0.338 e. The van der Waals surface area contributed by atoms with Crippen LogP contribution in [0.5, 0.6) is 0 Å². The number of carbonyl (C=O) groups is 2. The van der Waals surface area contributed by atoms with Crippen molar-refractivity contribution in [2.75, 3.05) is 11.3 Å². The van der Waals surface area contributed by atoms with Crippen molar-refractivity contribution in [1.82, 2.24) is 5.32 Å². The highest BCUT2D eigenvalue weighted by Gasteiger charge is 2.16. The first-order chi connectivity index (χ1) is 13.5. The van der Waals surface area contributed by atoms with Crippen LogP contribution in [0.15, 0.2) is 60.0 Å². The Balaban J connectivity index is 1.93. The number of hydrogen-bond donors (Lipinski definition) is 2. The fraction of sp³-hybridized carbons (Fsp3) is 0.238. The van der Waals surface area contributed by atoms with Crippen LogP contribution in [0.2, 0.25) is 0 Å². The predicted octanol–water partition coefficient (Wildman–Crippen LogP) is 3.17. The molecular weight excluding hydrogens is 392 g/mol. The zero-order valence-corrected chi connectivity index (χ0v) is 17.3. The van der Waals surface area contributed by atoms with Crippen LogP contribution in [-0.4, -0.2) is 32.4 Å². The minimum atomic E-state index is -3.70. The highest BCUT2D eigenvalue weighted by molar-refractivity contribution is 7.95. The standard InChI is InChI=1S/C21H24N2O5S/c1-21(2,3)22-19(24)15-28-20(25)17-9-11-18(12-10-17)23-29(26,27)14-13-16-7-5-4-6-8-16/h4-14,23H,15H2,1-3H3,(H,22,24)/b14-13+. The third kappa shape index (κ3) is 8.18. The van der Waals surface area contributed by atoms with E-state index in [0.29, 0.717) is 5.69 Å². The Morgan fingerprint density at radius 1 is 1.00 bits per heavy atom. The molecule has 0 fully saturated rings. The number of nitrogens with one attached hydrogen (secondary N) is 2. The van der Waals surface area contributed by atoms with Gasteiger partial charge in [0, 0.05) is 11.2 Å². The van der Waals surface area contributed by atoms with Gasteiger partial charge in [-0.3, -0.25) is 9.52 Å². The highest BCUT2D eigenvalue weighted by atomic mass is 32.2. The van der Waals surface area contributed by atoms with Crippen LogP contribution in [0, 0.1) is 0 Å². The lowest BCUT2D eigenvalue weighted by molar-refractivity contribution is -0.125. The van der Waals surface area contributed by atoms with E-state index < -0.39 is 34.0 Å². The Labute approximate surface area is 170 Å². The molecular formula is C21H24N2O5S. The molecule has 2 rings (SSSR count). The van der Waals surface area contributed by atoms with Gasteiger partial charge < -0.3 is 10.1 Å². The average Bonchev–Trinajstić information content (AvgIpc) is 2.64. The Kier molecular flexibility index (Phi) is 7.17. The summed E-state index contributed by atoms with van der Waals surface area (Å²) in [5.74, 6) is -1.08. The van der Waals surface area contributed by atoms with Crippen LogP contribution in [0.3, 0.4) is 0 Å². The second-order valence-electron chi connectivity index (χ2n) is 7.31. The SMILES string of the molecule is CC(C)(C)NC(=O)COC(=O)c1ccc(NS(=O)(=O)/C=C/c2ccccc2)cc1. The second-order valence-corrected chi connectivity index (χ2v) is 8.88. The summed E-state index contributed by atoms with van der Waals surface area (Å²) in [5, 5.41) is 3.75. The highest BCUT2D eigenvalue weighted by Crippen LogP contribution is 2.14. The third-order valence-electron chi connectivity index (χ3n) is 3.47. The van der Waals surface area contributed by atoms with Crippen molar-refractivity contribution in [3.8, 4) is 0 Å². The summed E-state index contributed by atoms with van der Waals surface area (Å²) >= 11 is 0. The van der Waals surface area contributed by atoms with Crippen LogP contribution in [0.1, 0.15) is 36.7 Å². The number of carbonyl (C=O) groups excluding carboxylic acids is 2. The van der Waals surface area contributed by atoms with Crippen LogP contribution in [0.4, 0.5) is 5.69 Å². The van der Waals surface area contributed by atoms with Gasteiger partial charge in [0.25, 0.3) is 15.9 Å². The zero-order chi connectivity index (χ0) is 21.5. The van der Waals surface area contributed by atoms with E-state index in [2.05, 4.69) is 10.0 Å². The molecule has 0 unspecified atom stereocenters. The minimum absolute atomic E-state index is 0.205. The lowest BCUT2D eigenvalue weighted by atomic mass is 10.1. The van der Waals surface area contributed by atoms with Gasteiger partial charge in [-0.15, -0.1) is 0 Å². The Morgan fingerprint density at radius 3 is 2.21 bits per heavy atom. The van der Waals surface area contributed by atoms with E-state index in [1.54, 1.807) is 12.1 Å². The molecule has 0 aliphatic rings. The monoisotopic (exact) mass is 416 g/mol. The van der Waals surface area contributed by atoms with E-state index >= 15 is 0 Å². The summed E-state index contributed by atoms with van der Waals surface area (Å²) in [5.41, 5.74) is 0.838. The number of ether oxygens (including phenoxy) is 1. The zero-order valence-electron chi connectivity index (χ0n) is 16.5. The molecule has 154 valence electrons. The van der Waals surface area contributed by atoms with Gasteiger partial charge in [-0.25, -0.2) is 13.2 Å². The van der Waals surface area contributed by atoms with Crippen LogP contribution in [0.25, 0.3) is 6.08 Å². The summed E-state index contributed by atoms with van der Waals surface area (Å²) in [6, 6.07) is 14.8. The van der Waals surface area contributed by atoms with Gasteiger partial charge >= 0.3 is 5.97 Å². The topological polar surface area (TPSA) is 102 Å². The molecule has 8 heteroatoms. The normalized spacial score (nSPS) is 11.8. The molecule has 0 bridgehead atoms. The van der Waals surface area contributed by atoms with E-state index in [1.807, 2.05) is 39.0 Å². The number of esters is 1. The molecule has 7 nitrogen and oxygen atoms in total. The number of sulfonamides is 1. The maximum absolute atomic E-state index is 12.1. The van der Waals surface area contributed by atoms with E-state index in [1.165, 1.54) is 30.3 Å². The summed E-state index contributed by atoms with van der Waals surface area (Å²) in [6.45, 7) is 5.07. The Hall–Kier alpha value is -3.13. The number of hydrogen-bond acceptors (Lipinski definition) is 5. The number of benzene rings is 2. The molecule has 0 atom stereocenters. The van der Waals surface area contributed by atoms with Crippen molar-refractivity contribution in [2.24, 2.45) is 0 Å². The van der Waals surface area contributed by atoms with E-state index in [4.69, 9.17) is 4.74 Å². The molecule has 1 amide bonds. The molecule has 0 spiro atoms. The minimum Gasteiger partial charge on any atom is -0.452 e. The number of amides is 1. The van der Waals surface area contributed by atoms with Gasteiger partial charge in [0.1, 0.15) is 0 Å². The molecule has 2 aromatic carbocycles. The Morgan fingerprint density at radius 2 is 1.62 bits per heavy atom. The van der Waals surface area contributed by atoms with E-state index in [0.717, 1.165) is 11.0 Å². The molecule has 0 aliphatic heterocycles. The van der Waals surface area contributed by atoms with Crippen molar-refractivity contribution in [3.63, 3.8) is 0 Å². The second kappa shape index (κ2) is 9.38. The van der Waals surface area contributed by atoms with Gasteiger partial charge in [0.05, 0.1) is 11.0 Å². The van der Waals surface area contributed by atoms with Crippen molar-refractivity contribution >= 4 is 33.7 Å². The quantitative estimate of drug-likeness (QED) is 0.675. The van der Waals surface area contributed by atoms with Gasteiger partial charge in [0.15, 0.2) is 6.61 Å². The van der Waals surface area contributed by atoms with Gasteiger partial charge in [-0.2, -0.15) is 0 Å². The average molecular weight is 416 g/mol. The first-order valence-corrected chi connectivity index (χ1v) is 10.4. The number of anilines is 1. The fourth-order valence-corrected chi connectivity index (χ4v) is 3.14. The molecule has 0 aliphatic carbocycles. The summed E-state index contributed by atoms with van der Waals surface area (Å²) in [4.78, 5) is 23.7. The molecule has 29 heavy (non-hydrogen) atoms. The summed E-state index contributed by atoms with van der Waals surface area (Å²) in [7, 11) is -3.70. The van der Waals surface area contributed by atoms with Crippen molar-refractivity contribution < 1.29 is 22.7 Å². The molecule has 2 aromatic rings. The van der Waals surface area contributed by atoms with Crippen molar-refractivity contribution in [2.45, 2.75) is 26.3 Å². The lowest BCUT2D eigenvalue weighted by Gasteiger charge is -2.20. The molecule has 0 heterocycles. The van der Waals surface area contributed by atoms with Crippen LogP contribution < -0.4 is 10.0 Å². The maximum Gasteiger partial charge on any atom is 0.338 e. The predicted molar refractivity (Wildman–Crippen MR) is 113 cm³/mol. The largest absolute Gasteiger partial charge is 0.452 e. The Bertz CT molecular complexity index is 976. The van der Waals surface area contributed by atoms with Gasteiger partial charge in [0.2, 0.25) is 0 Å². The van der Waals surface area contributed by atoms with Gasteiger partial charge in [-0.1, -0.05) is 30.3 Å². The maximum atomic E-state index is 12.1. The van der Waals surface area contributed by atoms with E-state index in [-0.39, 0.29) is 5.56 Å². The molecule has 0 saturated carbocycles. The molecule has 0 saturated heterocycles. The molecule has 0 radical (unpaired) electrons. The van der Waals surface area contributed by atoms with Crippen molar-refractivity contribution in [3.05, 3.63) is 71.1 Å². The van der Waals surface area contributed by atoms with Crippen molar-refractivity contribution in [1.29, 1.82) is 0 Å². The third-order valence-corrected chi connectivity index (χ3v) is 4.48. The van der Waals surface area contributed by atoms with Gasteiger partial charge in [-0.05, 0) is 56.7 Å². The van der Waals surface area contributed by atoms with Crippen LogP contribution in [-0.2, 0) is 19.6 Å².